The summed E-state index contributed by atoms with van der Waals surface area (Å²) in [7, 11) is 0. The standard InChI is InChI=1S/C22H42N2O3.ClH/c1-2-3-4-10-15-18-21(25)24-23-19-22(26)27-20-16-13-11-8-6-5-7-9-12-14-17-20;/h20,23H,2-19H2,1H3,(H,24,25);1H. The SMILES string of the molecule is CCCCCCCC(=O)NNCC(=O)OC1CCCCCCCCCCC1.Cl. The van der Waals surface area contributed by atoms with Crippen LogP contribution in [0.1, 0.15) is 116 Å². The van der Waals surface area contributed by atoms with Crippen LogP contribution in [0.15, 0.2) is 0 Å². The highest BCUT2D eigenvalue weighted by atomic mass is 35.5. The molecule has 166 valence electrons. The number of hydrogen-bond acceptors (Lipinski definition) is 4. The Kier molecular flexibility index (Phi) is 18.9. The van der Waals surface area contributed by atoms with Crippen molar-refractivity contribution in [2.24, 2.45) is 0 Å². The largest absolute Gasteiger partial charge is 0.461 e. The van der Waals surface area contributed by atoms with Gasteiger partial charge in [0.05, 0.1) is 0 Å². The van der Waals surface area contributed by atoms with Crippen LogP contribution in [0.2, 0.25) is 0 Å². The Bertz CT molecular complexity index is 382. The molecule has 0 radical (unpaired) electrons. The number of hydrogen-bond donors (Lipinski definition) is 2. The van der Waals surface area contributed by atoms with E-state index in [4.69, 9.17) is 4.74 Å². The molecule has 1 amide bonds. The quantitative estimate of drug-likeness (QED) is 0.275. The summed E-state index contributed by atoms with van der Waals surface area (Å²) in [6.45, 7) is 2.22. The maximum atomic E-state index is 12.1. The summed E-state index contributed by atoms with van der Waals surface area (Å²) in [6, 6.07) is 0. The minimum atomic E-state index is -0.268. The number of nitrogens with one attached hydrogen (secondary N) is 2. The summed E-state index contributed by atoms with van der Waals surface area (Å²) in [5.41, 5.74) is 5.33. The van der Waals surface area contributed by atoms with E-state index in [2.05, 4.69) is 17.8 Å². The van der Waals surface area contributed by atoms with Gasteiger partial charge in [0.2, 0.25) is 5.91 Å². The first-order chi connectivity index (χ1) is 13.2. The highest BCUT2D eigenvalue weighted by molar-refractivity contribution is 5.85. The predicted octanol–water partition coefficient (Wildman–Crippen LogP) is 5.61. The lowest BCUT2D eigenvalue weighted by molar-refractivity contribution is -0.149. The average Bonchev–Trinajstić information content (AvgIpc) is 2.64. The summed E-state index contributed by atoms with van der Waals surface area (Å²) in [4.78, 5) is 23.8. The van der Waals surface area contributed by atoms with Crippen LogP contribution in [-0.4, -0.2) is 24.5 Å². The lowest BCUT2D eigenvalue weighted by atomic mass is 9.99. The molecule has 0 atom stereocenters. The molecule has 0 bridgehead atoms. The van der Waals surface area contributed by atoms with Crippen molar-refractivity contribution in [1.29, 1.82) is 0 Å². The predicted molar refractivity (Wildman–Crippen MR) is 117 cm³/mol. The van der Waals surface area contributed by atoms with Crippen molar-refractivity contribution in [2.75, 3.05) is 6.54 Å². The summed E-state index contributed by atoms with van der Waals surface area (Å²) < 4.78 is 5.65. The van der Waals surface area contributed by atoms with Crippen molar-refractivity contribution < 1.29 is 14.3 Å². The Labute approximate surface area is 178 Å². The first-order valence-corrected chi connectivity index (χ1v) is 11.4. The highest BCUT2D eigenvalue weighted by Crippen LogP contribution is 2.18. The molecular weight excluding hydrogens is 376 g/mol. The van der Waals surface area contributed by atoms with Gasteiger partial charge < -0.3 is 4.74 Å². The number of unbranched alkanes of at least 4 members (excludes halogenated alkanes) is 4. The molecule has 1 aliphatic rings. The van der Waals surface area contributed by atoms with Gasteiger partial charge in [0.1, 0.15) is 12.6 Å². The molecule has 28 heavy (non-hydrogen) atoms. The zero-order valence-electron chi connectivity index (χ0n) is 17.9. The molecule has 0 heterocycles. The molecule has 6 heteroatoms. The molecule has 1 rings (SSSR count). The van der Waals surface area contributed by atoms with Crippen LogP contribution >= 0.6 is 12.4 Å². The molecule has 1 aliphatic carbocycles. The van der Waals surface area contributed by atoms with Gasteiger partial charge in [-0.2, -0.15) is 0 Å². The Morgan fingerprint density at radius 3 is 1.93 bits per heavy atom. The molecule has 1 fully saturated rings. The molecule has 0 aromatic heterocycles. The second kappa shape index (κ2) is 19.5. The second-order valence-electron chi connectivity index (χ2n) is 7.94. The Balaban J connectivity index is 0.00000729. The summed E-state index contributed by atoms with van der Waals surface area (Å²) >= 11 is 0. The molecule has 0 unspecified atom stereocenters. The third kappa shape index (κ3) is 16.2. The van der Waals surface area contributed by atoms with Crippen LogP contribution in [0, 0.1) is 0 Å². The third-order valence-electron chi connectivity index (χ3n) is 5.32. The maximum absolute atomic E-state index is 12.1. The van der Waals surface area contributed by atoms with E-state index >= 15 is 0 Å². The number of halogens is 1. The zero-order valence-corrected chi connectivity index (χ0v) is 18.8. The first-order valence-electron chi connectivity index (χ1n) is 11.4. The van der Waals surface area contributed by atoms with Crippen LogP contribution in [0.5, 0.6) is 0 Å². The fourth-order valence-corrected chi connectivity index (χ4v) is 3.64. The number of amides is 1. The monoisotopic (exact) mass is 418 g/mol. The summed E-state index contributed by atoms with van der Waals surface area (Å²) in [5.74, 6) is -0.319. The lowest BCUT2D eigenvalue weighted by Crippen LogP contribution is -2.41. The Morgan fingerprint density at radius 1 is 0.821 bits per heavy atom. The first kappa shape index (κ1) is 27.2. The molecule has 0 aromatic carbocycles. The van der Waals surface area contributed by atoms with E-state index in [1.54, 1.807) is 0 Å². The van der Waals surface area contributed by atoms with Gasteiger partial charge in [0.25, 0.3) is 0 Å². The van der Waals surface area contributed by atoms with Crippen molar-refractivity contribution in [1.82, 2.24) is 10.9 Å². The minimum Gasteiger partial charge on any atom is -0.461 e. The molecule has 0 spiro atoms. The lowest BCUT2D eigenvalue weighted by Gasteiger charge is -2.19. The van der Waals surface area contributed by atoms with Crippen molar-refractivity contribution in [3.05, 3.63) is 0 Å². The van der Waals surface area contributed by atoms with E-state index < -0.39 is 0 Å². The van der Waals surface area contributed by atoms with Gasteiger partial charge in [-0.25, -0.2) is 5.43 Å². The Morgan fingerprint density at radius 2 is 1.36 bits per heavy atom. The van der Waals surface area contributed by atoms with E-state index in [-0.39, 0.29) is 36.9 Å². The van der Waals surface area contributed by atoms with Gasteiger partial charge in [0, 0.05) is 6.42 Å². The average molecular weight is 419 g/mol. The molecule has 0 aromatic rings. The van der Waals surface area contributed by atoms with Crippen molar-refractivity contribution in [3.63, 3.8) is 0 Å². The van der Waals surface area contributed by atoms with E-state index in [9.17, 15) is 9.59 Å². The number of ether oxygens (including phenoxy) is 1. The number of rotatable bonds is 10. The molecule has 0 saturated heterocycles. The van der Waals surface area contributed by atoms with Gasteiger partial charge >= 0.3 is 5.97 Å². The van der Waals surface area contributed by atoms with Crippen molar-refractivity contribution >= 4 is 24.3 Å². The van der Waals surface area contributed by atoms with Gasteiger partial charge in [-0.3, -0.25) is 15.0 Å². The maximum Gasteiger partial charge on any atom is 0.322 e. The zero-order chi connectivity index (χ0) is 19.6. The second-order valence-corrected chi connectivity index (χ2v) is 7.94. The van der Waals surface area contributed by atoms with Crippen LogP contribution in [-0.2, 0) is 14.3 Å². The van der Waals surface area contributed by atoms with E-state index in [0.29, 0.717) is 6.42 Å². The van der Waals surface area contributed by atoms with Crippen molar-refractivity contribution in [3.8, 4) is 0 Å². The van der Waals surface area contributed by atoms with Gasteiger partial charge in [-0.1, -0.05) is 77.6 Å². The fourth-order valence-electron chi connectivity index (χ4n) is 3.64. The van der Waals surface area contributed by atoms with E-state index in [0.717, 1.165) is 38.5 Å². The minimum absolute atomic E-state index is 0. The van der Waals surface area contributed by atoms with E-state index in [1.165, 1.54) is 64.2 Å². The van der Waals surface area contributed by atoms with Gasteiger partial charge in [-0.05, 0) is 32.1 Å². The van der Waals surface area contributed by atoms with Crippen LogP contribution in [0.3, 0.4) is 0 Å². The highest BCUT2D eigenvalue weighted by Gasteiger charge is 2.14. The molecule has 5 nitrogen and oxygen atoms in total. The van der Waals surface area contributed by atoms with Crippen LogP contribution in [0.25, 0.3) is 0 Å². The number of carbonyl (C=O) groups excluding carboxylic acids is 2. The normalized spacial score (nSPS) is 16.9. The fraction of sp³-hybridized carbons (Fsp3) is 0.909. The molecule has 0 aliphatic heterocycles. The Hall–Kier alpha value is -0.810. The van der Waals surface area contributed by atoms with Gasteiger partial charge in [0.15, 0.2) is 0 Å². The van der Waals surface area contributed by atoms with E-state index in [1.807, 2.05) is 0 Å². The molecule has 2 N–H and O–H groups in total. The number of carbonyl (C=O) groups is 2. The van der Waals surface area contributed by atoms with Crippen LogP contribution in [0.4, 0.5) is 0 Å². The van der Waals surface area contributed by atoms with Gasteiger partial charge in [-0.15, -0.1) is 12.4 Å². The topological polar surface area (TPSA) is 67.4 Å². The smallest absolute Gasteiger partial charge is 0.322 e. The third-order valence-corrected chi connectivity index (χ3v) is 5.32. The molecular formula is C22H43ClN2O3. The van der Waals surface area contributed by atoms with Crippen molar-refractivity contribution in [2.45, 2.75) is 122 Å². The molecule has 1 saturated carbocycles. The number of hydrazine groups is 1. The summed E-state index contributed by atoms with van der Waals surface area (Å²) in [5, 5.41) is 0. The van der Waals surface area contributed by atoms with Crippen LogP contribution < -0.4 is 10.9 Å². The summed E-state index contributed by atoms with van der Waals surface area (Å²) in [6.07, 6.45) is 19.5. The number of esters is 1.